The van der Waals surface area contributed by atoms with E-state index in [9.17, 15) is 4.79 Å². The molecule has 5 nitrogen and oxygen atoms in total. The molecule has 3 heterocycles. The highest BCUT2D eigenvalue weighted by Crippen LogP contribution is 2.34. The summed E-state index contributed by atoms with van der Waals surface area (Å²) in [5.41, 5.74) is 7.18. The van der Waals surface area contributed by atoms with Crippen LogP contribution in [0.5, 0.6) is 0 Å². The molecule has 2 N–H and O–H groups in total. The van der Waals surface area contributed by atoms with Crippen molar-refractivity contribution >= 4 is 28.6 Å². The van der Waals surface area contributed by atoms with E-state index in [-0.39, 0.29) is 0 Å². The van der Waals surface area contributed by atoms with Gasteiger partial charge in [0.05, 0.1) is 17.7 Å². The number of carbonyl (C=O) groups is 1. The fourth-order valence-electron chi connectivity index (χ4n) is 2.54. The summed E-state index contributed by atoms with van der Waals surface area (Å²) in [6.45, 7) is 1.97. The topological polar surface area (TPSA) is 72.1 Å². The number of likely N-dealkylation sites (tertiary alicyclic amines) is 1. The van der Waals surface area contributed by atoms with Crippen molar-refractivity contribution in [3.63, 3.8) is 0 Å². The van der Waals surface area contributed by atoms with Crippen LogP contribution in [0.4, 0.5) is 0 Å². The van der Waals surface area contributed by atoms with Gasteiger partial charge in [0.1, 0.15) is 9.88 Å². The lowest BCUT2D eigenvalue weighted by atomic mass is 10.0. The van der Waals surface area contributed by atoms with E-state index in [4.69, 9.17) is 5.73 Å². The van der Waals surface area contributed by atoms with Gasteiger partial charge in [0.15, 0.2) is 0 Å². The molecule has 1 aliphatic rings. The first-order chi connectivity index (χ1) is 9.74. The highest BCUT2D eigenvalue weighted by Gasteiger charge is 2.27. The molecule has 0 aromatic carbocycles. The van der Waals surface area contributed by atoms with Gasteiger partial charge >= 0.3 is 0 Å². The molecule has 3 rings (SSSR count). The van der Waals surface area contributed by atoms with E-state index in [0.717, 1.165) is 24.5 Å². The van der Waals surface area contributed by atoms with E-state index in [1.807, 2.05) is 11.7 Å². The molecule has 1 fully saturated rings. The van der Waals surface area contributed by atoms with Gasteiger partial charge in [-0.25, -0.2) is 4.98 Å². The standard InChI is InChI=1S/C13H16N4OS2/c14-12(18)11-6-16-13(20-11)10-3-1-2-4-17(10)7-9-5-15-8-19-9/h5-6,8,10H,1-4,7H2,(H2,14,18). The molecule has 2 aromatic rings. The third-order valence-electron chi connectivity index (χ3n) is 3.51. The maximum absolute atomic E-state index is 11.2. The Kier molecular flexibility index (Phi) is 4.09. The van der Waals surface area contributed by atoms with E-state index < -0.39 is 5.91 Å². The van der Waals surface area contributed by atoms with Gasteiger partial charge in [-0.05, 0) is 19.4 Å². The van der Waals surface area contributed by atoms with Gasteiger partial charge in [-0.2, -0.15) is 0 Å². The molecule has 1 amide bonds. The first kappa shape index (κ1) is 13.7. The molecular formula is C13H16N4OS2. The molecule has 0 spiro atoms. The molecule has 2 aromatic heterocycles. The van der Waals surface area contributed by atoms with Crippen LogP contribution in [0.25, 0.3) is 0 Å². The minimum Gasteiger partial charge on any atom is -0.365 e. The summed E-state index contributed by atoms with van der Waals surface area (Å²) in [7, 11) is 0. The van der Waals surface area contributed by atoms with Crippen molar-refractivity contribution < 1.29 is 4.79 Å². The minimum atomic E-state index is -0.390. The summed E-state index contributed by atoms with van der Waals surface area (Å²) in [6.07, 6.45) is 7.03. The second-order valence-electron chi connectivity index (χ2n) is 4.88. The number of carbonyl (C=O) groups excluding carboxylic acids is 1. The molecule has 0 aliphatic carbocycles. The van der Waals surface area contributed by atoms with E-state index in [1.165, 1.54) is 29.1 Å². The van der Waals surface area contributed by atoms with Crippen LogP contribution in [-0.2, 0) is 6.54 Å². The van der Waals surface area contributed by atoms with Gasteiger partial charge in [-0.3, -0.25) is 14.7 Å². The van der Waals surface area contributed by atoms with Gasteiger partial charge in [0.2, 0.25) is 0 Å². The van der Waals surface area contributed by atoms with Crippen LogP contribution in [0.1, 0.15) is 44.9 Å². The second-order valence-corrected chi connectivity index (χ2v) is 6.91. The van der Waals surface area contributed by atoms with Crippen LogP contribution < -0.4 is 5.73 Å². The average Bonchev–Trinajstić information content (AvgIpc) is 3.10. The zero-order valence-corrected chi connectivity index (χ0v) is 12.6. The molecule has 1 unspecified atom stereocenters. The maximum atomic E-state index is 11.2. The first-order valence-corrected chi connectivity index (χ1v) is 8.30. The number of rotatable bonds is 4. The summed E-state index contributed by atoms with van der Waals surface area (Å²) in [6, 6.07) is 0.295. The average molecular weight is 308 g/mol. The molecule has 0 bridgehead atoms. The SMILES string of the molecule is NC(=O)c1cnc(C2CCCCN2Cc2cncs2)s1. The Morgan fingerprint density at radius 2 is 2.35 bits per heavy atom. The third-order valence-corrected chi connectivity index (χ3v) is 5.39. The first-order valence-electron chi connectivity index (χ1n) is 6.61. The van der Waals surface area contributed by atoms with Crippen molar-refractivity contribution in [2.24, 2.45) is 5.73 Å². The Labute approximate surface area is 125 Å². The van der Waals surface area contributed by atoms with Crippen molar-refractivity contribution in [3.8, 4) is 0 Å². The number of primary amides is 1. The zero-order valence-electron chi connectivity index (χ0n) is 11.0. The summed E-state index contributed by atoms with van der Waals surface area (Å²) in [5, 5.41) is 1.00. The second kappa shape index (κ2) is 5.99. The number of nitrogens with two attached hydrogens (primary N) is 1. The monoisotopic (exact) mass is 308 g/mol. The van der Waals surface area contributed by atoms with Crippen LogP contribution in [0.2, 0.25) is 0 Å². The lowest BCUT2D eigenvalue weighted by molar-refractivity contribution is 0.100. The molecule has 0 radical (unpaired) electrons. The quantitative estimate of drug-likeness (QED) is 0.941. The number of amides is 1. The van der Waals surface area contributed by atoms with Crippen LogP contribution in [0.15, 0.2) is 17.9 Å². The largest absolute Gasteiger partial charge is 0.365 e. The van der Waals surface area contributed by atoms with Crippen LogP contribution in [-0.4, -0.2) is 27.3 Å². The highest BCUT2D eigenvalue weighted by molar-refractivity contribution is 7.13. The number of aromatic nitrogens is 2. The predicted molar refractivity (Wildman–Crippen MR) is 79.7 cm³/mol. The molecule has 1 aliphatic heterocycles. The molecule has 20 heavy (non-hydrogen) atoms. The zero-order chi connectivity index (χ0) is 13.9. The molecule has 106 valence electrons. The summed E-state index contributed by atoms with van der Waals surface area (Å²) in [5.74, 6) is -0.390. The van der Waals surface area contributed by atoms with Crippen molar-refractivity contribution in [3.05, 3.63) is 32.7 Å². The van der Waals surface area contributed by atoms with Gasteiger partial charge in [-0.15, -0.1) is 22.7 Å². The summed E-state index contributed by atoms with van der Waals surface area (Å²) in [4.78, 5) is 24.0. The van der Waals surface area contributed by atoms with E-state index in [1.54, 1.807) is 17.5 Å². The maximum Gasteiger partial charge on any atom is 0.260 e. The normalized spacial score (nSPS) is 20.1. The Morgan fingerprint density at radius 3 is 3.05 bits per heavy atom. The van der Waals surface area contributed by atoms with Gasteiger partial charge in [0, 0.05) is 17.6 Å². The molecular weight excluding hydrogens is 292 g/mol. The van der Waals surface area contributed by atoms with E-state index in [2.05, 4.69) is 14.9 Å². The Balaban J connectivity index is 1.78. The number of piperidine rings is 1. The lowest BCUT2D eigenvalue weighted by Crippen LogP contribution is -2.32. The van der Waals surface area contributed by atoms with Crippen LogP contribution in [0, 0.1) is 0 Å². The van der Waals surface area contributed by atoms with Crippen LogP contribution in [0.3, 0.4) is 0 Å². The summed E-state index contributed by atoms with van der Waals surface area (Å²) >= 11 is 3.10. The Morgan fingerprint density at radius 1 is 1.45 bits per heavy atom. The Hall–Kier alpha value is -1.31. The predicted octanol–water partition coefficient (Wildman–Crippen LogP) is 2.43. The van der Waals surface area contributed by atoms with Crippen molar-refractivity contribution in [2.45, 2.75) is 31.8 Å². The molecule has 1 atom stereocenters. The van der Waals surface area contributed by atoms with Gasteiger partial charge < -0.3 is 5.73 Å². The van der Waals surface area contributed by atoms with Crippen LogP contribution >= 0.6 is 22.7 Å². The fraction of sp³-hybridized carbons (Fsp3) is 0.462. The number of hydrogen-bond donors (Lipinski definition) is 1. The number of nitrogens with zero attached hydrogens (tertiary/aromatic N) is 3. The number of hydrogen-bond acceptors (Lipinski definition) is 6. The third kappa shape index (κ3) is 2.89. The smallest absolute Gasteiger partial charge is 0.260 e. The summed E-state index contributed by atoms with van der Waals surface area (Å²) < 4.78 is 0. The van der Waals surface area contributed by atoms with Crippen molar-refractivity contribution in [1.29, 1.82) is 0 Å². The van der Waals surface area contributed by atoms with E-state index >= 15 is 0 Å². The molecule has 0 saturated carbocycles. The lowest BCUT2D eigenvalue weighted by Gasteiger charge is -2.34. The van der Waals surface area contributed by atoms with Gasteiger partial charge in [0.25, 0.3) is 5.91 Å². The van der Waals surface area contributed by atoms with Crippen molar-refractivity contribution in [2.75, 3.05) is 6.54 Å². The fourth-order valence-corrected chi connectivity index (χ4v) is 4.09. The van der Waals surface area contributed by atoms with Gasteiger partial charge in [-0.1, -0.05) is 6.42 Å². The molecule has 7 heteroatoms. The minimum absolute atomic E-state index is 0.295. The van der Waals surface area contributed by atoms with Crippen molar-refractivity contribution in [1.82, 2.24) is 14.9 Å². The van der Waals surface area contributed by atoms with E-state index in [0.29, 0.717) is 10.9 Å². The number of thiazole rings is 2. The highest BCUT2D eigenvalue weighted by atomic mass is 32.1. The molecule has 1 saturated heterocycles. The Bertz CT molecular complexity index is 581.